The van der Waals surface area contributed by atoms with Crippen LogP contribution in [0.3, 0.4) is 0 Å². The molecule has 0 amide bonds. The summed E-state index contributed by atoms with van der Waals surface area (Å²) in [7, 11) is 0. The Morgan fingerprint density at radius 2 is 2.08 bits per heavy atom. The average Bonchev–Trinajstić information content (AvgIpc) is 2.52. The van der Waals surface area contributed by atoms with Gasteiger partial charge in [0, 0.05) is 6.04 Å². The molecule has 0 aliphatic carbocycles. The normalized spacial score (nSPS) is 29.5. The summed E-state index contributed by atoms with van der Waals surface area (Å²) in [6.07, 6.45) is 8.37. The lowest BCUT2D eigenvalue weighted by atomic mass is 9.94. The fourth-order valence-corrected chi connectivity index (χ4v) is 2.26. The van der Waals surface area contributed by atoms with Crippen LogP contribution < -0.4 is 5.32 Å². The lowest BCUT2D eigenvalue weighted by molar-refractivity contribution is 0.399. The van der Waals surface area contributed by atoms with Crippen molar-refractivity contribution in [1.29, 1.82) is 0 Å². The van der Waals surface area contributed by atoms with Gasteiger partial charge in [0.1, 0.15) is 0 Å². The van der Waals surface area contributed by atoms with Crippen molar-refractivity contribution < 1.29 is 0 Å². The summed E-state index contributed by atoms with van der Waals surface area (Å²) in [5.41, 5.74) is 0. The highest BCUT2D eigenvalue weighted by molar-refractivity contribution is 4.82. The molecule has 72 valence electrons. The first-order chi connectivity index (χ1) is 5.88. The minimum Gasteiger partial charge on any atom is -0.314 e. The van der Waals surface area contributed by atoms with Gasteiger partial charge >= 0.3 is 0 Å². The number of rotatable bonds is 5. The fourth-order valence-electron chi connectivity index (χ4n) is 2.26. The third kappa shape index (κ3) is 2.78. The Balaban J connectivity index is 2.12. The minimum absolute atomic E-state index is 0.849. The smallest absolute Gasteiger partial charge is 0.00956 e. The van der Waals surface area contributed by atoms with E-state index in [-0.39, 0.29) is 0 Å². The van der Waals surface area contributed by atoms with Gasteiger partial charge in [-0.3, -0.25) is 0 Å². The van der Waals surface area contributed by atoms with Crippen LogP contribution in [-0.4, -0.2) is 12.6 Å². The van der Waals surface area contributed by atoms with E-state index >= 15 is 0 Å². The quantitative estimate of drug-likeness (QED) is 0.624. The Kier molecular flexibility index (Phi) is 4.67. The Bertz CT molecular complexity index is 112. The average molecular weight is 169 g/mol. The molecular formula is C11H23N. The van der Waals surface area contributed by atoms with Crippen LogP contribution in [0.25, 0.3) is 0 Å². The lowest BCUT2D eigenvalue weighted by Crippen LogP contribution is -2.26. The van der Waals surface area contributed by atoms with Crippen molar-refractivity contribution >= 4 is 0 Å². The molecule has 1 N–H and O–H groups in total. The zero-order valence-electron chi connectivity index (χ0n) is 8.60. The monoisotopic (exact) mass is 169 g/mol. The van der Waals surface area contributed by atoms with Gasteiger partial charge < -0.3 is 5.32 Å². The molecule has 1 heteroatoms. The van der Waals surface area contributed by atoms with Crippen molar-refractivity contribution in [1.82, 2.24) is 5.32 Å². The molecule has 2 unspecified atom stereocenters. The molecule has 1 aliphatic heterocycles. The van der Waals surface area contributed by atoms with E-state index < -0.39 is 0 Å². The molecule has 0 aromatic heterocycles. The number of unbranched alkanes of at least 4 members (excludes halogenated alkanes) is 2. The first-order valence-corrected chi connectivity index (χ1v) is 5.61. The molecule has 1 heterocycles. The van der Waals surface area contributed by atoms with Crippen LogP contribution in [-0.2, 0) is 0 Å². The molecule has 0 bridgehead atoms. The summed E-state index contributed by atoms with van der Waals surface area (Å²) in [6, 6.07) is 0.849. The van der Waals surface area contributed by atoms with E-state index in [1.165, 1.54) is 45.1 Å². The van der Waals surface area contributed by atoms with E-state index in [1.54, 1.807) is 0 Å². The number of hydrogen-bond donors (Lipinski definition) is 1. The number of nitrogens with one attached hydrogen (secondary N) is 1. The predicted octanol–water partition coefficient (Wildman–Crippen LogP) is 2.95. The van der Waals surface area contributed by atoms with Gasteiger partial charge in [0.2, 0.25) is 0 Å². The molecule has 0 aromatic rings. The van der Waals surface area contributed by atoms with Crippen LogP contribution in [0.4, 0.5) is 0 Å². The van der Waals surface area contributed by atoms with Gasteiger partial charge in [-0.15, -0.1) is 0 Å². The summed E-state index contributed by atoms with van der Waals surface area (Å²) in [6.45, 7) is 5.86. The van der Waals surface area contributed by atoms with E-state index in [1.807, 2.05) is 0 Å². The van der Waals surface area contributed by atoms with Gasteiger partial charge in [0.05, 0.1) is 0 Å². The van der Waals surface area contributed by atoms with Crippen LogP contribution >= 0.6 is 0 Å². The molecule has 1 nitrogen and oxygen atoms in total. The lowest BCUT2D eigenvalue weighted by Gasteiger charge is -2.17. The molecule has 0 radical (unpaired) electrons. The molecule has 2 atom stereocenters. The Morgan fingerprint density at radius 1 is 1.25 bits per heavy atom. The fraction of sp³-hybridized carbons (Fsp3) is 1.00. The van der Waals surface area contributed by atoms with Crippen molar-refractivity contribution in [2.75, 3.05) is 6.54 Å². The summed E-state index contributed by atoms with van der Waals surface area (Å²) in [5.74, 6) is 0.974. The minimum atomic E-state index is 0.849. The predicted molar refractivity (Wildman–Crippen MR) is 54.3 cm³/mol. The van der Waals surface area contributed by atoms with Gasteiger partial charge in [-0.05, 0) is 25.3 Å². The van der Waals surface area contributed by atoms with Gasteiger partial charge in [0.25, 0.3) is 0 Å². The maximum absolute atomic E-state index is 3.62. The van der Waals surface area contributed by atoms with Crippen LogP contribution in [0, 0.1) is 5.92 Å². The first kappa shape index (κ1) is 10.0. The standard InChI is InChI=1S/C11H23N/c1-3-5-6-7-11-10(4-2)8-9-12-11/h10-12H,3-9H2,1-2H3. The van der Waals surface area contributed by atoms with E-state index in [2.05, 4.69) is 19.2 Å². The maximum Gasteiger partial charge on any atom is 0.00956 e. The molecule has 0 aromatic carbocycles. The van der Waals surface area contributed by atoms with Crippen molar-refractivity contribution in [3.63, 3.8) is 0 Å². The molecule has 1 saturated heterocycles. The van der Waals surface area contributed by atoms with E-state index in [0.29, 0.717) is 0 Å². The van der Waals surface area contributed by atoms with Crippen LogP contribution in [0.2, 0.25) is 0 Å². The van der Waals surface area contributed by atoms with Gasteiger partial charge in [-0.1, -0.05) is 39.5 Å². The Hall–Kier alpha value is -0.0400. The van der Waals surface area contributed by atoms with Crippen molar-refractivity contribution in [2.45, 2.75) is 58.4 Å². The topological polar surface area (TPSA) is 12.0 Å². The Morgan fingerprint density at radius 3 is 2.75 bits per heavy atom. The molecule has 1 aliphatic rings. The molecular weight excluding hydrogens is 146 g/mol. The van der Waals surface area contributed by atoms with Crippen molar-refractivity contribution in [3.05, 3.63) is 0 Å². The van der Waals surface area contributed by atoms with Gasteiger partial charge in [-0.25, -0.2) is 0 Å². The zero-order chi connectivity index (χ0) is 8.81. The second-order valence-electron chi connectivity index (χ2n) is 4.01. The van der Waals surface area contributed by atoms with E-state index in [4.69, 9.17) is 0 Å². The van der Waals surface area contributed by atoms with Crippen molar-refractivity contribution in [2.24, 2.45) is 5.92 Å². The van der Waals surface area contributed by atoms with E-state index in [9.17, 15) is 0 Å². The van der Waals surface area contributed by atoms with Crippen LogP contribution in [0.5, 0.6) is 0 Å². The van der Waals surface area contributed by atoms with Gasteiger partial charge in [0.15, 0.2) is 0 Å². The highest BCUT2D eigenvalue weighted by atomic mass is 14.9. The first-order valence-electron chi connectivity index (χ1n) is 5.61. The SMILES string of the molecule is CCCCCC1NCCC1CC. The largest absolute Gasteiger partial charge is 0.314 e. The highest BCUT2D eigenvalue weighted by Gasteiger charge is 2.23. The number of hydrogen-bond acceptors (Lipinski definition) is 1. The van der Waals surface area contributed by atoms with E-state index in [0.717, 1.165) is 12.0 Å². The molecule has 1 fully saturated rings. The molecule has 0 spiro atoms. The summed E-state index contributed by atoms with van der Waals surface area (Å²) in [5, 5.41) is 3.62. The summed E-state index contributed by atoms with van der Waals surface area (Å²) in [4.78, 5) is 0. The summed E-state index contributed by atoms with van der Waals surface area (Å²) < 4.78 is 0. The van der Waals surface area contributed by atoms with Crippen molar-refractivity contribution in [3.8, 4) is 0 Å². The molecule has 12 heavy (non-hydrogen) atoms. The molecule has 1 rings (SSSR count). The third-order valence-corrected chi connectivity index (χ3v) is 3.13. The second-order valence-corrected chi connectivity index (χ2v) is 4.01. The molecule has 0 saturated carbocycles. The van der Waals surface area contributed by atoms with Crippen LogP contribution in [0.15, 0.2) is 0 Å². The highest BCUT2D eigenvalue weighted by Crippen LogP contribution is 2.22. The zero-order valence-corrected chi connectivity index (χ0v) is 8.60. The van der Waals surface area contributed by atoms with Gasteiger partial charge in [-0.2, -0.15) is 0 Å². The van der Waals surface area contributed by atoms with Crippen LogP contribution in [0.1, 0.15) is 52.4 Å². The Labute approximate surface area is 76.9 Å². The third-order valence-electron chi connectivity index (χ3n) is 3.13. The summed E-state index contributed by atoms with van der Waals surface area (Å²) >= 11 is 0. The second kappa shape index (κ2) is 5.58. The maximum atomic E-state index is 3.62.